The number of hydrogen-bond donors (Lipinski definition) is 1. The van der Waals surface area contributed by atoms with Gasteiger partial charge in [-0.25, -0.2) is 9.18 Å². The molecule has 0 aliphatic carbocycles. The van der Waals surface area contributed by atoms with Crippen molar-refractivity contribution in [2.75, 3.05) is 6.61 Å². The van der Waals surface area contributed by atoms with E-state index in [1.807, 2.05) is 0 Å². The molecular weight excluding hydrogens is 155 g/mol. The zero-order valence-electron chi connectivity index (χ0n) is 6.04. The summed E-state index contributed by atoms with van der Waals surface area (Å²) in [6, 6.07) is 0. The van der Waals surface area contributed by atoms with Crippen molar-refractivity contribution < 1.29 is 23.8 Å². The van der Waals surface area contributed by atoms with Crippen LogP contribution in [0.3, 0.4) is 0 Å². The number of alkyl halides is 1. The molecule has 0 aromatic carbocycles. The molecule has 0 saturated carbocycles. The Hall–Kier alpha value is -1.13. The standard InChI is InChI=1S/C6H9FO4/c1-4(8)11-3-2-5(7)6(9)10/h5H,2-3H2,1H3,(H,9,10). The first kappa shape index (κ1) is 9.87. The van der Waals surface area contributed by atoms with Gasteiger partial charge in [-0.3, -0.25) is 4.79 Å². The van der Waals surface area contributed by atoms with Gasteiger partial charge in [0.05, 0.1) is 6.61 Å². The van der Waals surface area contributed by atoms with E-state index in [1.165, 1.54) is 6.92 Å². The highest BCUT2D eigenvalue weighted by Crippen LogP contribution is 1.97. The van der Waals surface area contributed by atoms with E-state index in [2.05, 4.69) is 4.74 Å². The molecule has 0 heterocycles. The largest absolute Gasteiger partial charge is 0.479 e. The van der Waals surface area contributed by atoms with Gasteiger partial charge in [-0.1, -0.05) is 0 Å². The number of esters is 1. The lowest BCUT2D eigenvalue weighted by molar-refractivity contribution is -0.147. The highest BCUT2D eigenvalue weighted by molar-refractivity contribution is 5.72. The Balaban J connectivity index is 3.39. The van der Waals surface area contributed by atoms with Crippen molar-refractivity contribution in [1.82, 2.24) is 0 Å². The molecule has 0 rings (SSSR count). The number of carbonyl (C=O) groups is 2. The molecule has 0 aliphatic rings. The number of halogens is 1. The van der Waals surface area contributed by atoms with Gasteiger partial charge in [0.15, 0.2) is 6.17 Å². The molecule has 4 nitrogen and oxygen atoms in total. The van der Waals surface area contributed by atoms with Crippen LogP contribution in [0.1, 0.15) is 13.3 Å². The fourth-order valence-corrected chi connectivity index (χ4v) is 0.430. The van der Waals surface area contributed by atoms with Gasteiger partial charge in [0, 0.05) is 13.3 Å². The Labute approximate surface area is 63.0 Å². The van der Waals surface area contributed by atoms with Crippen LogP contribution < -0.4 is 0 Å². The summed E-state index contributed by atoms with van der Waals surface area (Å²) in [5.41, 5.74) is 0. The molecular formula is C6H9FO4. The van der Waals surface area contributed by atoms with Crippen LogP contribution in [0, 0.1) is 0 Å². The molecule has 1 unspecified atom stereocenters. The summed E-state index contributed by atoms with van der Waals surface area (Å²) in [5.74, 6) is -2.07. The van der Waals surface area contributed by atoms with Gasteiger partial charge in [0.25, 0.3) is 0 Å². The van der Waals surface area contributed by atoms with E-state index < -0.39 is 18.1 Å². The number of aliphatic carboxylic acids is 1. The first-order valence-corrected chi connectivity index (χ1v) is 3.04. The highest BCUT2D eigenvalue weighted by atomic mass is 19.1. The minimum atomic E-state index is -1.95. The highest BCUT2D eigenvalue weighted by Gasteiger charge is 2.15. The molecule has 64 valence electrons. The SMILES string of the molecule is CC(=O)OCCC(F)C(=O)O. The normalized spacial score (nSPS) is 12.2. The molecule has 0 aliphatic heterocycles. The Bertz CT molecular complexity index is 157. The second-order valence-corrected chi connectivity index (χ2v) is 1.93. The van der Waals surface area contributed by atoms with Crippen molar-refractivity contribution >= 4 is 11.9 Å². The lowest BCUT2D eigenvalue weighted by atomic mass is 10.3. The molecule has 1 atom stereocenters. The monoisotopic (exact) mass is 164 g/mol. The quantitative estimate of drug-likeness (QED) is 0.609. The Morgan fingerprint density at radius 2 is 2.18 bits per heavy atom. The van der Waals surface area contributed by atoms with Crippen LogP contribution in [-0.4, -0.2) is 29.8 Å². The fraction of sp³-hybridized carbons (Fsp3) is 0.667. The van der Waals surface area contributed by atoms with E-state index in [1.54, 1.807) is 0 Å². The van der Waals surface area contributed by atoms with Crippen LogP contribution in [0.4, 0.5) is 4.39 Å². The zero-order valence-corrected chi connectivity index (χ0v) is 6.04. The lowest BCUT2D eigenvalue weighted by Gasteiger charge is -2.02. The van der Waals surface area contributed by atoms with Gasteiger partial charge in [-0.2, -0.15) is 0 Å². The fourth-order valence-electron chi connectivity index (χ4n) is 0.430. The molecule has 0 amide bonds. The van der Waals surface area contributed by atoms with E-state index in [0.717, 1.165) is 0 Å². The van der Waals surface area contributed by atoms with E-state index in [-0.39, 0.29) is 13.0 Å². The molecule has 0 aromatic rings. The number of carboxylic acid groups (broad SMARTS) is 1. The van der Waals surface area contributed by atoms with Crippen LogP contribution in [0.25, 0.3) is 0 Å². The summed E-state index contributed by atoms with van der Waals surface area (Å²) in [5, 5.41) is 8.03. The zero-order chi connectivity index (χ0) is 8.85. The van der Waals surface area contributed by atoms with Gasteiger partial charge in [0.2, 0.25) is 0 Å². The minimum absolute atomic E-state index is 0.192. The average molecular weight is 164 g/mol. The molecule has 0 fully saturated rings. The topological polar surface area (TPSA) is 63.6 Å². The molecule has 0 spiro atoms. The maximum Gasteiger partial charge on any atom is 0.338 e. The van der Waals surface area contributed by atoms with Crippen molar-refractivity contribution in [2.24, 2.45) is 0 Å². The number of rotatable bonds is 4. The van der Waals surface area contributed by atoms with E-state index in [9.17, 15) is 14.0 Å². The summed E-state index contributed by atoms with van der Waals surface area (Å²) in [4.78, 5) is 20.0. The first-order valence-electron chi connectivity index (χ1n) is 3.04. The van der Waals surface area contributed by atoms with Gasteiger partial charge < -0.3 is 9.84 Å². The minimum Gasteiger partial charge on any atom is -0.479 e. The third kappa shape index (κ3) is 5.32. The number of ether oxygens (including phenoxy) is 1. The van der Waals surface area contributed by atoms with Gasteiger partial charge in [-0.15, -0.1) is 0 Å². The summed E-state index contributed by atoms with van der Waals surface area (Å²) < 4.78 is 16.5. The smallest absolute Gasteiger partial charge is 0.338 e. The maximum absolute atomic E-state index is 12.2. The molecule has 0 radical (unpaired) electrons. The Morgan fingerprint density at radius 1 is 1.64 bits per heavy atom. The maximum atomic E-state index is 12.2. The third-order valence-electron chi connectivity index (χ3n) is 0.945. The Morgan fingerprint density at radius 3 is 2.55 bits per heavy atom. The summed E-state index contributed by atoms with van der Waals surface area (Å²) >= 11 is 0. The van der Waals surface area contributed by atoms with Crippen molar-refractivity contribution in [3.8, 4) is 0 Å². The summed E-state index contributed by atoms with van der Waals surface area (Å²) in [6.07, 6.45) is -2.25. The Kier molecular flexibility index (Phi) is 4.17. The number of carboxylic acids is 1. The lowest BCUT2D eigenvalue weighted by Crippen LogP contribution is -2.17. The summed E-state index contributed by atoms with van der Waals surface area (Å²) in [7, 11) is 0. The predicted octanol–water partition coefficient (Wildman–Crippen LogP) is 0.362. The second-order valence-electron chi connectivity index (χ2n) is 1.93. The van der Waals surface area contributed by atoms with Gasteiger partial charge in [0.1, 0.15) is 0 Å². The van der Waals surface area contributed by atoms with E-state index in [0.29, 0.717) is 0 Å². The average Bonchev–Trinajstić information content (AvgIpc) is 1.86. The first-order chi connectivity index (χ1) is 5.04. The predicted molar refractivity (Wildman–Crippen MR) is 33.8 cm³/mol. The van der Waals surface area contributed by atoms with Crippen LogP contribution in [0.15, 0.2) is 0 Å². The summed E-state index contributed by atoms with van der Waals surface area (Å²) in [6.45, 7) is 0.983. The van der Waals surface area contributed by atoms with Gasteiger partial charge in [-0.05, 0) is 0 Å². The van der Waals surface area contributed by atoms with Crippen molar-refractivity contribution in [3.63, 3.8) is 0 Å². The molecule has 0 saturated heterocycles. The molecule has 11 heavy (non-hydrogen) atoms. The van der Waals surface area contributed by atoms with Crippen molar-refractivity contribution in [2.45, 2.75) is 19.5 Å². The number of hydrogen-bond acceptors (Lipinski definition) is 3. The molecule has 0 bridgehead atoms. The van der Waals surface area contributed by atoms with Crippen LogP contribution >= 0.6 is 0 Å². The third-order valence-corrected chi connectivity index (χ3v) is 0.945. The molecule has 5 heteroatoms. The van der Waals surface area contributed by atoms with Crippen LogP contribution in [-0.2, 0) is 14.3 Å². The van der Waals surface area contributed by atoms with E-state index >= 15 is 0 Å². The molecule has 1 N–H and O–H groups in total. The van der Waals surface area contributed by atoms with Crippen molar-refractivity contribution in [1.29, 1.82) is 0 Å². The molecule has 0 aromatic heterocycles. The van der Waals surface area contributed by atoms with E-state index in [4.69, 9.17) is 5.11 Å². The van der Waals surface area contributed by atoms with Gasteiger partial charge >= 0.3 is 11.9 Å². The van der Waals surface area contributed by atoms with Crippen molar-refractivity contribution in [3.05, 3.63) is 0 Å². The second kappa shape index (κ2) is 4.65. The van der Waals surface area contributed by atoms with Crippen LogP contribution in [0.2, 0.25) is 0 Å². The van der Waals surface area contributed by atoms with Crippen LogP contribution in [0.5, 0.6) is 0 Å². The number of carbonyl (C=O) groups excluding carboxylic acids is 1.